The Morgan fingerprint density at radius 1 is 1.35 bits per heavy atom. The van der Waals surface area contributed by atoms with Crippen molar-refractivity contribution >= 4 is 46.8 Å². The number of nitrogens with two attached hydrogens (primary N) is 1. The normalized spacial score (nSPS) is 10.3. The lowest BCUT2D eigenvalue weighted by Crippen LogP contribution is -2.26. The van der Waals surface area contributed by atoms with Crippen molar-refractivity contribution in [2.75, 3.05) is 18.6 Å². The van der Waals surface area contributed by atoms with Crippen LogP contribution in [-0.2, 0) is 16.1 Å². The van der Waals surface area contributed by atoms with E-state index in [1.807, 2.05) is 0 Å². The first-order valence-corrected chi connectivity index (χ1v) is 7.85. The van der Waals surface area contributed by atoms with Crippen LogP contribution in [0.15, 0.2) is 18.2 Å². The van der Waals surface area contributed by atoms with Gasteiger partial charge in [-0.3, -0.25) is 9.59 Å². The zero-order valence-electron chi connectivity index (χ0n) is 11.1. The highest BCUT2D eigenvalue weighted by Crippen LogP contribution is 2.22. The van der Waals surface area contributed by atoms with Crippen molar-refractivity contribution in [1.29, 1.82) is 0 Å². The highest BCUT2D eigenvalue weighted by atomic mass is 35.5. The van der Waals surface area contributed by atoms with Crippen LogP contribution in [0.3, 0.4) is 0 Å². The number of thioether (sulfide) groups is 1. The first-order chi connectivity index (χ1) is 9.40. The maximum Gasteiger partial charge on any atom is 0.227 e. The van der Waals surface area contributed by atoms with E-state index in [1.54, 1.807) is 30.1 Å². The Balaban J connectivity index is 2.43. The van der Waals surface area contributed by atoms with E-state index in [0.717, 1.165) is 5.56 Å². The Hall–Kier alpha value is -0.910. The molecule has 4 nitrogen and oxygen atoms in total. The fraction of sp³-hybridized carbons (Fsp3) is 0.385. The predicted molar refractivity (Wildman–Crippen MR) is 84.1 cm³/mol. The summed E-state index contributed by atoms with van der Waals surface area (Å²) in [4.78, 5) is 24.1. The molecule has 1 rings (SSSR count). The molecule has 2 amide bonds. The number of amides is 2. The third-order valence-electron chi connectivity index (χ3n) is 2.55. The van der Waals surface area contributed by atoms with Gasteiger partial charge in [0.25, 0.3) is 0 Å². The van der Waals surface area contributed by atoms with E-state index in [-0.39, 0.29) is 17.6 Å². The summed E-state index contributed by atoms with van der Waals surface area (Å²) < 4.78 is 0. The molecule has 0 aliphatic carbocycles. The molecule has 20 heavy (non-hydrogen) atoms. The third-order valence-corrected chi connectivity index (χ3v) is 4.12. The summed E-state index contributed by atoms with van der Waals surface area (Å²) in [6.07, 6.45) is 0.361. The molecule has 0 aromatic heterocycles. The molecule has 2 N–H and O–H groups in total. The molecule has 0 bridgehead atoms. The molecule has 0 aliphatic rings. The number of carbonyl (C=O) groups is 2. The molecule has 0 fully saturated rings. The van der Waals surface area contributed by atoms with E-state index in [1.165, 1.54) is 11.8 Å². The van der Waals surface area contributed by atoms with Crippen LogP contribution in [0.4, 0.5) is 0 Å². The highest BCUT2D eigenvalue weighted by Gasteiger charge is 2.11. The number of hydrogen-bond acceptors (Lipinski definition) is 3. The van der Waals surface area contributed by atoms with Crippen molar-refractivity contribution in [2.45, 2.75) is 13.0 Å². The highest BCUT2D eigenvalue weighted by molar-refractivity contribution is 7.99. The lowest BCUT2D eigenvalue weighted by molar-refractivity contribution is -0.130. The molecule has 0 saturated carbocycles. The van der Waals surface area contributed by atoms with E-state index in [4.69, 9.17) is 28.9 Å². The second kappa shape index (κ2) is 8.39. The number of rotatable bonds is 7. The zero-order chi connectivity index (χ0) is 15.1. The van der Waals surface area contributed by atoms with Crippen LogP contribution < -0.4 is 5.73 Å². The van der Waals surface area contributed by atoms with Gasteiger partial charge in [-0.05, 0) is 17.7 Å². The number of halogens is 2. The lowest BCUT2D eigenvalue weighted by Gasteiger charge is -2.18. The molecular formula is C13H16Cl2N2O2S. The van der Waals surface area contributed by atoms with Gasteiger partial charge in [0.1, 0.15) is 0 Å². The Morgan fingerprint density at radius 3 is 2.65 bits per heavy atom. The monoisotopic (exact) mass is 334 g/mol. The topological polar surface area (TPSA) is 63.4 Å². The molecular weight excluding hydrogens is 319 g/mol. The summed E-state index contributed by atoms with van der Waals surface area (Å²) >= 11 is 13.2. The molecule has 7 heteroatoms. The van der Waals surface area contributed by atoms with Crippen LogP contribution >= 0.6 is 35.0 Å². The van der Waals surface area contributed by atoms with E-state index < -0.39 is 0 Å². The van der Waals surface area contributed by atoms with E-state index >= 15 is 0 Å². The van der Waals surface area contributed by atoms with E-state index in [0.29, 0.717) is 28.8 Å². The van der Waals surface area contributed by atoms with Crippen molar-refractivity contribution in [3.8, 4) is 0 Å². The van der Waals surface area contributed by atoms with E-state index in [2.05, 4.69) is 0 Å². The fourth-order valence-corrected chi connectivity index (χ4v) is 2.65. The first-order valence-electron chi connectivity index (χ1n) is 5.94. The third kappa shape index (κ3) is 6.03. The molecule has 0 radical (unpaired) electrons. The van der Waals surface area contributed by atoms with E-state index in [9.17, 15) is 9.59 Å². The summed E-state index contributed by atoms with van der Waals surface area (Å²) in [5.41, 5.74) is 5.86. The minimum absolute atomic E-state index is 0.00649. The molecule has 0 saturated heterocycles. The van der Waals surface area contributed by atoms with Crippen LogP contribution in [0.5, 0.6) is 0 Å². The van der Waals surface area contributed by atoms with Gasteiger partial charge in [-0.2, -0.15) is 11.8 Å². The summed E-state index contributed by atoms with van der Waals surface area (Å²) in [6.45, 7) is 0.426. The van der Waals surface area contributed by atoms with Gasteiger partial charge in [-0.15, -0.1) is 0 Å². The van der Waals surface area contributed by atoms with Crippen LogP contribution in [0.25, 0.3) is 0 Å². The molecule has 0 spiro atoms. The van der Waals surface area contributed by atoms with Crippen molar-refractivity contribution < 1.29 is 9.59 Å². The number of benzene rings is 1. The van der Waals surface area contributed by atoms with Gasteiger partial charge in [-0.1, -0.05) is 29.3 Å². The first kappa shape index (κ1) is 17.1. The van der Waals surface area contributed by atoms with Crippen molar-refractivity contribution in [1.82, 2.24) is 4.90 Å². The molecule has 0 heterocycles. The molecule has 1 aromatic carbocycles. The summed E-state index contributed by atoms with van der Waals surface area (Å²) in [7, 11) is 1.71. The maximum absolute atomic E-state index is 11.9. The Bertz CT molecular complexity index is 497. The molecule has 0 unspecified atom stereocenters. The largest absolute Gasteiger partial charge is 0.369 e. The number of hydrogen-bond donors (Lipinski definition) is 1. The van der Waals surface area contributed by atoms with Crippen LogP contribution in [0, 0.1) is 0 Å². The molecule has 0 atom stereocenters. The number of nitrogens with zero attached hydrogens (tertiary/aromatic N) is 1. The van der Waals surface area contributed by atoms with Gasteiger partial charge in [-0.25, -0.2) is 0 Å². The van der Waals surface area contributed by atoms with Crippen LogP contribution in [-0.4, -0.2) is 35.3 Å². The number of primary amides is 1. The summed E-state index contributed by atoms with van der Waals surface area (Å²) in [5, 5.41) is 1.11. The Labute approximate surface area is 132 Å². The van der Waals surface area contributed by atoms with Crippen molar-refractivity contribution in [3.05, 3.63) is 33.8 Å². The lowest BCUT2D eigenvalue weighted by atomic mass is 10.2. The Kier molecular flexibility index (Phi) is 7.19. The average molecular weight is 335 g/mol. The van der Waals surface area contributed by atoms with Gasteiger partial charge in [0.15, 0.2) is 0 Å². The average Bonchev–Trinajstić information content (AvgIpc) is 2.37. The minimum Gasteiger partial charge on any atom is -0.369 e. The van der Waals surface area contributed by atoms with Gasteiger partial charge >= 0.3 is 0 Å². The summed E-state index contributed by atoms with van der Waals surface area (Å²) in [6, 6.07) is 5.19. The predicted octanol–water partition coefficient (Wildman–Crippen LogP) is 2.56. The molecule has 110 valence electrons. The quantitative estimate of drug-likeness (QED) is 0.779. The second-order valence-corrected chi connectivity index (χ2v) is 6.20. The van der Waals surface area contributed by atoms with Gasteiger partial charge in [0, 0.05) is 35.8 Å². The van der Waals surface area contributed by atoms with Gasteiger partial charge in [0.05, 0.1) is 5.75 Å². The van der Waals surface area contributed by atoms with Crippen LogP contribution in [0.1, 0.15) is 12.0 Å². The SMILES string of the molecule is CN(Cc1ccc(Cl)cc1Cl)C(=O)CCSCC(N)=O. The minimum atomic E-state index is -0.372. The standard InChI is InChI=1S/C13H16Cl2N2O2S/c1-17(13(19)4-5-20-8-12(16)18)7-9-2-3-10(14)6-11(9)15/h2-3,6H,4-5,7-8H2,1H3,(H2,16,18). The van der Waals surface area contributed by atoms with Crippen molar-refractivity contribution in [2.24, 2.45) is 5.73 Å². The Morgan fingerprint density at radius 2 is 2.05 bits per heavy atom. The molecule has 0 aliphatic heterocycles. The fourth-order valence-electron chi connectivity index (χ4n) is 1.52. The van der Waals surface area contributed by atoms with Gasteiger partial charge in [0.2, 0.25) is 11.8 Å². The smallest absolute Gasteiger partial charge is 0.227 e. The second-order valence-electron chi connectivity index (χ2n) is 4.25. The van der Waals surface area contributed by atoms with Crippen molar-refractivity contribution in [3.63, 3.8) is 0 Å². The summed E-state index contributed by atoms with van der Waals surface area (Å²) in [5.74, 6) is 0.428. The van der Waals surface area contributed by atoms with Gasteiger partial charge < -0.3 is 10.6 Å². The molecule has 1 aromatic rings. The number of carbonyl (C=O) groups excluding carboxylic acids is 2. The maximum atomic E-state index is 11.9. The van der Waals surface area contributed by atoms with Crippen LogP contribution in [0.2, 0.25) is 10.0 Å². The zero-order valence-corrected chi connectivity index (χ0v) is 13.4.